The highest BCUT2D eigenvalue weighted by atomic mass is 16.5. The van der Waals surface area contributed by atoms with Gasteiger partial charge in [0.15, 0.2) is 11.5 Å². The highest BCUT2D eigenvalue weighted by Gasteiger charge is 2.35. The molecule has 10 heteroatoms. The molecule has 1 aliphatic carbocycles. The summed E-state index contributed by atoms with van der Waals surface area (Å²) in [5, 5.41) is 11.7. The third-order valence-corrected chi connectivity index (χ3v) is 7.51. The number of nitrogens with zero attached hydrogens (tertiary/aromatic N) is 4. The maximum atomic E-state index is 14.3. The second-order valence-electron chi connectivity index (χ2n) is 10.1. The van der Waals surface area contributed by atoms with Gasteiger partial charge in [-0.15, -0.1) is 5.10 Å². The fourth-order valence-electron chi connectivity index (χ4n) is 5.39. The maximum Gasteiger partial charge on any atom is 0.249 e. The quantitative estimate of drug-likeness (QED) is 0.302. The van der Waals surface area contributed by atoms with Crippen LogP contribution in [0.5, 0.6) is 17.2 Å². The summed E-state index contributed by atoms with van der Waals surface area (Å²) in [4.78, 5) is 30.0. The van der Waals surface area contributed by atoms with Crippen molar-refractivity contribution in [3.8, 4) is 17.2 Å². The number of aromatic nitrogens is 3. The number of anilines is 1. The van der Waals surface area contributed by atoms with Crippen molar-refractivity contribution in [1.29, 1.82) is 0 Å². The number of hydrogen-bond acceptors (Lipinski definition) is 7. The smallest absolute Gasteiger partial charge is 0.249 e. The van der Waals surface area contributed by atoms with E-state index < -0.39 is 6.04 Å². The minimum absolute atomic E-state index is 0.0472. The van der Waals surface area contributed by atoms with Gasteiger partial charge < -0.3 is 19.5 Å². The fraction of sp³-hybridized carbons (Fsp3) is 0.355. The Morgan fingerprint density at radius 1 is 0.927 bits per heavy atom. The van der Waals surface area contributed by atoms with E-state index in [9.17, 15) is 9.59 Å². The Hall–Kier alpha value is -4.60. The van der Waals surface area contributed by atoms with E-state index >= 15 is 0 Å². The molecule has 0 bridgehead atoms. The van der Waals surface area contributed by atoms with Crippen molar-refractivity contribution in [3.63, 3.8) is 0 Å². The van der Waals surface area contributed by atoms with Crippen molar-refractivity contribution in [2.24, 2.45) is 0 Å². The first kappa shape index (κ1) is 27.9. The minimum Gasteiger partial charge on any atom is -0.497 e. The molecule has 41 heavy (non-hydrogen) atoms. The van der Waals surface area contributed by atoms with E-state index in [1.165, 1.54) is 4.90 Å². The molecule has 1 fully saturated rings. The van der Waals surface area contributed by atoms with Gasteiger partial charge in [-0.3, -0.25) is 14.5 Å². The second-order valence-corrected chi connectivity index (χ2v) is 10.1. The molecule has 1 aromatic heterocycles. The molecule has 1 N–H and O–H groups in total. The zero-order valence-corrected chi connectivity index (χ0v) is 23.6. The Morgan fingerprint density at radius 3 is 2.37 bits per heavy atom. The van der Waals surface area contributed by atoms with Crippen LogP contribution < -0.4 is 24.4 Å². The van der Waals surface area contributed by atoms with Crippen molar-refractivity contribution in [1.82, 2.24) is 20.3 Å². The average molecular weight is 558 g/mol. The van der Waals surface area contributed by atoms with Crippen molar-refractivity contribution in [2.45, 2.75) is 50.7 Å². The first-order valence-electron chi connectivity index (χ1n) is 13.8. The predicted molar refractivity (Wildman–Crippen MR) is 155 cm³/mol. The van der Waals surface area contributed by atoms with E-state index in [0.717, 1.165) is 37.6 Å². The van der Waals surface area contributed by atoms with E-state index in [-0.39, 0.29) is 24.4 Å². The van der Waals surface area contributed by atoms with Crippen molar-refractivity contribution < 1.29 is 23.8 Å². The highest BCUT2D eigenvalue weighted by molar-refractivity contribution is 6.01. The summed E-state index contributed by atoms with van der Waals surface area (Å²) in [6.45, 7) is -0.118. The first-order valence-corrected chi connectivity index (χ1v) is 13.8. The molecule has 1 heterocycles. The summed E-state index contributed by atoms with van der Waals surface area (Å²) >= 11 is 0. The lowest BCUT2D eigenvalue weighted by Gasteiger charge is -2.33. The first-order chi connectivity index (χ1) is 20.0. The summed E-state index contributed by atoms with van der Waals surface area (Å²) in [7, 11) is 4.68. The van der Waals surface area contributed by atoms with Crippen LogP contribution in [-0.2, 0) is 16.1 Å². The number of nitrogens with one attached hydrogen (secondary N) is 1. The molecule has 4 aromatic rings. The number of rotatable bonds is 10. The molecule has 1 saturated carbocycles. The van der Waals surface area contributed by atoms with Gasteiger partial charge in [0, 0.05) is 11.7 Å². The van der Waals surface area contributed by atoms with Gasteiger partial charge in [0.1, 0.15) is 23.9 Å². The molecule has 1 unspecified atom stereocenters. The molecule has 0 radical (unpaired) electrons. The topological polar surface area (TPSA) is 108 Å². The van der Waals surface area contributed by atoms with Gasteiger partial charge in [-0.05, 0) is 66.9 Å². The van der Waals surface area contributed by atoms with Gasteiger partial charge in [-0.2, -0.15) is 0 Å². The standard InChI is InChI=1S/C31H35N5O5/c1-39-24-16-14-23(15-17-24)36(29(37)20-35-26-12-8-7-11-25(26)33-34-35)30(31(38)32-22-9-5-4-6-10-22)21-13-18-27(40-2)28(19-21)41-3/h7-8,11-19,22,30H,4-6,9-10,20H2,1-3H3,(H,32,38). The number of para-hydroxylation sites is 1. The van der Waals surface area contributed by atoms with Crippen LogP contribution in [0.2, 0.25) is 0 Å². The number of carbonyl (C=O) groups is 2. The van der Waals surface area contributed by atoms with E-state index in [1.54, 1.807) is 68.5 Å². The summed E-state index contributed by atoms with van der Waals surface area (Å²) in [6.07, 6.45) is 5.10. The van der Waals surface area contributed by atoms with Gasteiger partial charge >= 0.3 is 0 Å². The number of ether oxygens (including phenoxy) is 3. The van der Waals surface area contributed by atoms with Crippen LogP contribution in [-0.4, -0.2) is 54.2 Å². The number of hydrogen-bond donors (Lipinski definition) is 1. The highest BCUT2D eigenvalue weighted by Crippen LogP contribution is 2.35. The van der Waals surface area contributed by atoms with Crippen LogP contribution in [0.3, 0.4) is 0 Å². The van der Waals surface area contributed by atoms with E-state index in [1.807, 2.05) is 24.3 Å². The Balaban J connectivity index is 1.60. The predicted octanol–water partition coefficient (Wildman–Crippen LogP) is 4.68. The van der Waals surface area contributed by atoms with Crippen LogP contribution in [0.4, 0.5) is 5.69 Å². The molecule has 0 aliphatic heterocycles. The molecule has 214 valence electrons. The monoisotopic (exact) mass is 557 g/mol. The molecule has 2 amide bonds. The van der Waals surface area contributed by atoms with Crippen LogP contribution in [0.15, 0.2) is 66.7 Å². The molecule has 0 spiro atoms. The van der Waals surface area contributed by atoms with Gasteiger partial charge in [0.2, 0.25) is 11.8 Å². The summed E-state index contributed by atoms with van der Waals surface area (Å²) in [6, 6.07) is 18.9. The molecular weight excluding hydrogens is 522 g/mol. The van der Waals surface area contributed by atoms with Crippen LogP contribution in [0.1, 0.15) is 43.7 Å². The fourth-order valence-corrected chi connectivity index (χ4v) is 5.39. The molecule has 3 aromatic carbocycles. The Kier molecular flexibility index (Phi) is 8.67. The zero-order chi connectivity index (χ0) is 28.8. The zero-order valence-electron chi connectivity index (χ0n) is 23.6. The molecule has 1 aliphatic rings. The Bertz CT molecular complexity index is 1500. The third kappa shape index (κ3) is 6.11. The maximum absolute atomic E-state index is 14.3. The second kappa shape index (κ2) is 12.7. The summed E-state index contributed by atoms with van der Waals surface area (Å²) < 4.78 is 17.9. The van der Waals surface area contributed by atoms with Crippen molar-refractivity contribution in [3.05, 3.63) is 72.3 Å². The van der Waals surface area contributed by atoms with Crippen LogP contribution in [0, 0.1) is 0 Å². The lowest BCUT2D eigenvalue weighted by atomic mass is 9.94. The van der Waals surface area contributed by atoms with Gasteiger partial charge in [-0.25, -0.2) is 4.68 Å². The number of fused-ring (bicyclic) bond motifs is 1. The Morgan fingerprint density at radius 2 is 1.66 bits per heavy atom. The molecular formula is C31H35N5O5. The number of amides is 2. The van der Waals surface area contributed by atoms with Crippen LogP contribution in [0.25, 0.3) is 11.0 Å². The van der Waals surface area contributed by atoms with E-state index in [2.05, 4.69) is 15.6 Å². The van der Waals surface area contributed by atoms with E-state index in [0.29, 0.717) is 34.0 Å². The molecule has 10 nitrogen and oxygen atoms in total. The minimum atomic E-state index is -0.993. The van der Waals surface area contributed by atoms with Gasteiger partial charge in [0.25, 0.3) is 0 Å². The van der Waals surface area contributed by atoms with Crippen LogP contribution >= 0.6 is 0 Å². The van der Waals surface area contributed by atoms with Gasteiger partial charge in [0.05, 0.1) is 26.8 Å². The molecule has 1 atom stereocenters. The van der Waals surface area contributed by atoms with Crippen molar-refractivity contribution in [2.75, 3.05) is 26.2 Å². The number of benzene rings is 3. The SMILES string of the molecule is COc1ccc(N(C(=O)Cn2nnc3ccccc32)C(C(=O)NC2CCCCC2)c2ccc(OC)c(OC)c2)cc1. The van der Waals surface area contributed by atoms with E-state index in [4.69, 9.17) is 14.2 Å². The van der Waals surface area contributed by atoms with Crippen molar-refractivity contribution >= 4 is 28.5 Å². The summed E-state index contributed by atoms with van der Waals surface area (Å²) in [5.41, 5.74) is 2.54. The lowest BCUT2D eigenvalue weighted by molar-refractivity contribution is -0.127. The average Bonchev–Trinajstić information content (AvgIpc) is 3.42. The lowest BCUT2D eigenvalue weighted by Crippen LogP contribution is -2.48. The third-order valence-electron chi connectivity index (χ3n) is 7.51. The largest absolute Gasteiger partial charge is 0.497 e. The normalized spacial score (nSPS) is 14.3. The molecule has 0 saturated heterocycles. The van der Waals surface area contributed by atoms with Gasteiger partial charge in [-0.1, -0.05) is 42.7 Å². The number of carbonyl (C=O) groups excluding carboxylic acids is 2. The summed E-state index contributed by atoms with van der Waals surface area (Å²) in [5.74, 6) is 1.03. The Labute approximate surface area is 239 Å². The molecule has 5 rings (SSSR count). The number of methoxy groups -OCH3 is 3.